The van der Waals surface area contributed by atoms with Crippen molar-refractivity contribution in [1.29, 1.82) is 0 Å². The van der Waals surface area contributed by atoms with E-state index in [1.807, 2.05) is 33.2 Å². The molecule has 0 saturated carbocycles. The van der Waals surface area contributed by atoms with E-state index < -0.39 is 0 Å². The normalized spacial score (nSPS) is 13.0. The smallest absolute Gasteiger partial charge is 0.146 e. The molecule has 1 unspecified atom stereocenters. The number of likely N-dealkylation sites (N-methyl/N-ethyl adjacent to an activating group) is 1. The van der Waals surface area contributed by atoms with Crippen LogP contribution in [0.4, 0.5) is 10.1 Å². The molecular weight excluding hydrogens is 265 g/mol. The van der Waals surface area contributed by atoms with E-state index >= 15 is 0 Å². The lowest BCUT2D eigenvalue weighted by atomic mass is 10.1. The Hall–Kier alpha value is -1.13. The van der Waals surface area contributed by atoms with E-state index in [1.54, 1.807) is 6.07 Å². The van der Waals surface area contributed by atoms with E-state index in [0.29, 0.717) is 18.0 Å². The molecule has 0 aliphatic heterocycles. The molecule has 1 aromatic carbocycles. The van der Waals surface area contributed by atoms with Crippen LogP contribution in [0, 0.1) is 11.7 Å². The Balaban J connectivity index is 2.90. The first-order chi connectivity index (χ1) is 9.79. The molecule has 0 saturated heterocycles. The molecule has 1 atom stereocenters. The SMILES string of the molecule is CC(C)CN(CCN(C)C)c1ccc(CC(C)N)cc1F. The summed E-state index contributed by atoms with van der Waals surface area (Å²) in [7, 11) is 4.07. The van der Waals surface area contributed by atoms with E-state index in [4.69, 9.17) is 5.73 Å². The summed E-state index contributed by atoms with van der Waals surface area (Å²) in [5, 5.41) is 0. The van der Waals surface area contributed by atoms with Crippen LogP contribution in [0.25, 0.3) is 0 Å². The van der Waals surface area contributed by atoms with E-state index in [1.165, 1.54) is 0 Å². The fourth-order valence-corrected chi connectivity index (χ4v) is 2.38. The number of hydrogen-bond acceptors (Lipinski definition) is 3. The highest BCUT2D eigenvalue weighted by atomic mass is 19.1. The van der Waals surface area contributed by atoms with E-state index in [0.717, 1.165) is 25.2 Å². The van der Waals surface area contributed by atoms with Crippen LogP contribution >= 0.6 is 0 Å². The van der Waals surface area contributed by atoms with Crippen molar-refractivity contribution in [3.63, 3.8) is 0 Å². The number of anilines is 1. The van der Waals surface area contributed by atoms with Gasteiger partial charge in [-0.05, 0) is 51.1 Å². The molecule has 1 aromatic rings. The first-order valence-electron chi connectivity index (χ1n) is 7.73. The number of benzene rings is 1. The molecule has 120 valence electrons. The van der Waals surface area contributed by atoms with Gasteiger partial charge >= 0.3 is 0 Å². The summed E-state index contributed by atoms with van der Waals surface area (Å²) in [5.41, 5.74) is 7.44. The second-order valence-electron chi connectivity index (χ2n) is 6.61. The molecule has 3 nitrogen and oxygen atoms in total. The summed E-state index contributed by atoms with van der Waals surface area (Å²) < 4.78 is 14.4. The molecule has 0 bridgehead atoms. The molecule has 0 aliphatic carbocycles. The van der Waals surface area contributed by atoms with Crippen molar-refractivity contribution in [1.82, 2.24) is 4.90 Å². The first kappa shape index (κ1) is 17.9. The van der Waals surface area contributed by atoms with E-state index in [9.17, 15) is 4.39 Å². The van der Waals surface area contributed by atoms with Crippen LogP contribution in [0.5, 0.6) is 0 Å². The molecule has 0 radical (unpaired) electrons. The molecule has 0 aliphatic rings. The van der Waals surface area contributed by atoms with Crippen LogP contribution in [-0.4, -0.2) is 44.7 Å². The molecular formula is C17H30FN3. The van der Waals surface area contributed by atoms with Gasteiger partial charge in [0.15, 0.2) is 0 Å². The number of nitrogens with two attached hydrogens (primary N) is 1. The van der Waals surface area contributed by atoms with Crippen molar-refractivity contribution >= 4 is 5.69 Å². The average Bonchev–Trinajstić information content (AvgIpc) is 2.33. The van der Waals surface area contributed by atoms with Crippen molar-refractivity contribution in [2.45, 2.75) is 33.2 Å². The molecule has 0 amide bonds. The molecule has 0 fully saturated rings. The zero-order valence-electron chi connectivity index (χ0n) is 14.1. The van der Waals surface area contributed by atoms with Crippen LogP contribution in [0.1, 0.15) is 26.3 Å². The van der Waals surface area contributed by atoms with E-state index in [-0.39, 0.29) is 11.9 Å². The fourth-order valence-electron chi connectivity index (χ4n) is 2.38. The maximum Gasteiger partial charge on any atom is 0.146 e. The van der Waals surface area contributed by atoms with Crippen LogP contribution in [-0.2, 0) is 6.42 Å². The zero-order chi connectivity index (χ0) is 16.0. The molecule has 2 N–H and O–H groups in total. The van der Waals surface area contributed by atoms with Crippen molar-refractivity contribution in [3.8, 4) is 0 Å². The topological polar surface area (TPSA) is 32.5 Å². The summed E-state index contributed by atoms with van der Waals surface area (Å²) in [6, 6.07) is 5.56. The van der Waals surface area contributed by atoms with Gasteiger partial charge in [-0.2, -0.15) is 0 Å². The van der Waals surface area contributed by atoms with Gasteiger partial charge < -0.3 is 15.5 Å². The van der Waals surface area contributed by atoms with Gasteiger partial charge in [-0.3, -0.25) is 0 Å². The second-order valence-corrected chi connectivity index (χ2v) is 6.61. The average molecular weight is 295 g/mol. The highest BCUT2D eigenvalue weighted by Crippen LogP contribution is 2.22. The summed E-state index contributed by atoms with van der Waals surface area (Å²) in [6.45, 7) is 8.85. The predicted octanol–water partition coefficient (Wildman–Crippen LogP) is 2.74. The van der Waals surface area contributed by atoms with Gasteiger partial charge in [-0.25, -0.2) is 4.39 Å². The van der Waals surface area contributed by atoms with Gasteiger partial charge in [0.25, 0.3) is 0 Å². The highest BCUT2D eigenvalue weighted by Gasteiger charge is 2.14. The third kappa shape index (κ3) is 6.44. The lowest BCUT2D eigenvalue weighted by Crippen LogP contribution is -2.35. The molecule has 0 heterocycles. The summed E-state index contributed by atoms with van der Waals surface area (Å²) in [5.74, 6) is 0.350. The van der Waals surface area contributed by atoms with Crippen molar-refractivity contribution in [2.75, 3.05) is 38.6 Å². The first-order valence-corrected chi connectivity index (χ1v) is 7.73. The Morgan fingerprint density at radius 2 is 1.81 bits per heavy atom. The minimum Gasteiger partial charge on any atom is -0.368 e. The monoisotopic (exact) mass is 295 g/mol. The van der Waals surface area contributed by atoms with Crippen molar-refractivity contribution < 1.29 is 4.39 Å². The molecule has 1 rings (SSSR count). The molecule has 4 heteroatoms. The minimum absolute atomic E-state index is 0.0516. The van der Waals surface area contributed by atoms with Crippen LogP contribution in [0.15, 0.2) is 18.2 Å². The maximum absolute atomic E-state index is 14.4. The second kappa shape index (κ2) is 8.35. The standard InChI is InChI=1S/C17H30FN3/c1-13(2)12-21(9-8-20(4)5)17-7-6-15(10-14(3)19)11-16(17)18/h6-7,11,13-14H,8-10,12,19H2,1-5H3. The largest absolute Gasteiger partial charge is 0.368 e. The molecule has 21 heavy (non-hydrogen) atoms. The lowest BCUT2D eigenvalue weighted by molar-refractivity contribution is 0.407. The van der Waals surface area contributed by atoms with Gasteiger partial charge in [0.2, 0.25) is 0 Å². The fraction of sp³-hybridized carbons (Fsp3) is 0.647. The summed E-state index contributed by atoms with van der Waals surface area (Å²) >= 11 is 0. The Kier molecular flexibility index (Phi) is 7.12. The molecule has 0 spiro atoms. The third-order valence-electron chi connectivity index (χ3n) is 3.31. The van der Waals surface area contributed by atoms with Crippen molar-refractivity contribution in [3.05, 3.63) is 29.6 Å². The Morgan fingerprint density at radius 1 is 1.14 bits per heavy atom. The zero-order valence-corrected chi connectivity index (χ0v) is 14.1. The lowest BCUT2D eigenvalue weighted by Gasteiger charge is -2.28. The van der Waals surface area contributed by atoms with E-state index in [2.05, 4.69) is 23.6 Å². The number of rotatable bonds is 8. The third-order valence-corrected chi connectivity index (χ3v) is 3.31. The Morgan fingerprint density at radius 3 is 2.29 bits per heavy atom. The summed E-state index contributed by atoms with van der Waals surface area (Å²) in [4.78, 5) is 4.26. The van der Waals surface area contributed by atoms with Crippen LogP contribution in [0.2, 0.25) is 0 Å². The summed E-state index contributed by atoms with van der Waals surface area (Å²) in [6.07, 6.45) is 0.707. The number of nitrogens with zero attached hydrogens (tertiary/aromatic N) is 2. The number of hydrogen-bond donors (Lipinski definition) is 1. The van der Waals surface area contributed by atoms with Gasteiger partial charge in [-0.15, -0.1) is 0 Å². The van der Waals surface area contributed by atoms with Gasteiger partial charge in [0.1, 0.15) is 5.82 Å². The van der Waals surface area contributed by atoms with Gasteiger partial charge in [0.05, 0.1) is 5.69 Å². The van der Waals surface area contributed by atoms with Crippen LogP contribution in [0.3, 0.4) is 0 Å². The molecule has 0 aromatic heterocycles. The number of halogens is 1. The van der Waals surface area contributed by atoms with Crippen LogP contribution < -0.4 is 10.6 Å². The van der Waals surface area contributed by atoms with Gasteiger partial charge in [-0.1, -0.05) is 19.9 Å². The quantitative estimate of drug-likeness (QED) is 0.800. The maximum atomic E-state index is 14.4. The minimum atomic E-state index is -0.146. The van der Waals surface area contributed by atoms with Gasteiger partial charge in [0, 0.05) is 25.7 Å². The Bertz CT molecular complexity index is 430. The highest BCUT2D eigenvalue weighted by molar-refractivity contribution is 5.49. The van der Waals surface area contributed by atoms with Crippen molar-refractivity contribution in [2.24, 2.45) is 11.7 Å². The predicted molar refractivity (Wildman–Crippen MR) is 89.4 cm³/mol. The Labute approximate surface area is 128 Å².